The number of halogens is 1. The molecule has 0 saturated heterocycles. The van der Waals surface area contributed by atoms with Crippen LogP contribution >= 0.6 is 11.6 Å². The maximum absolute atomic E-state index is 12.0. The van der Waals surface area contributed by atoms with Gasteiger partial charge in [0, 0.05) is 23.2 Å². The van der Waals surface area contributed by atoms with Crippen molar-refractivity contribution < 1.29 is 13.2 Å². The summed E-state index contributed by atoms with van der Waals surface area (Å²) in [5.41, 5.74) is 7.65. The molecule has 0 aliphatic carbocycles. The number of benzene rings is 2. The Morgan fingerprint density at radius 2 is 1.81 bits per heavy atom. The van der Waals surface area contributed by atoms with Crippen LogP contribution in [-0.4, -0.2) is 30.1 Å². The summed E-state index contributed by atoms with van der Waals surface area (Å²) >= 11 is 6.16. The van der Waals surface area contributed by atoms with Crippen LogP contribution in [0, 0.1) is 0 Å². The highest BCUT2D eigenvalue weighted by atomic mass is 35.5. The molecule has 3 N–H and O–H groups in total. The minimum atomic E-state index is -3.49. The van der Waals surface area contributed by atoms with Gasteiger partial charge in [0.15, 0.2) is 5.69 Å². The van der Waals surface area contributed by atoms with E-state index in [2.05, 4.69) is 9.71 Å². The lowest BCUT2D eigenvalue weighted by atomic mass is 10.1. The lowest BCUT2D eigenvalue weighted by Gasteiger charge is -2.11. The average Bonchev–Trinajstić information content (AvgIpc) is 2.91. The summed E-state index contributed by atoms with van der Waals surface area (Å²) in [7, 11) is -1.74. The van der Waals surface area contributed by atoms with Crippen molar-refractivity contribution in [2.45, 2.75) is 0 Å². The number of nitrogens with zero attached hydrogens (tertiary/aromatic N) is 2. The molecule has 3 rings (SSSR count). The molecule has 0 atom stereocenters. The van der Waals surface area contributed by atoms with Gasteiger partial charge in [-0.15, -0.1) is 0 Å². The van der Waals surface area contributed by atoms with Crippen LogP contribution < -0.4 is 10.5 Å². The number of primary amides is 1. The van der Waals surface area contributed by atoms with Gasteiger partial charge < -0.3 is 10.3 Å². The number of rotatable bonds is 5. The van der Waals surface area contributed by atoms with Crippen LogP contribution in [0.2, 0.25) is 5.02 Å². The molecule has 0 unspecified atom stereocenters. The molecule has 1 heterocycles. The third-order valence-corrected chi connectivity index (χ3v) is 4.66. The number of nitrogens with one attached hydrogen (secondary N) is 1. The van der Waals surface area contributed by atoms with Gasteiger partial charge in [0.05, 0.1) is 17.6 Å². The molecule has 1 aromatic heterocycles. The quantitative estimate of drug-likeness (QED) is 0.681. The van der Waals surface area contributed by atoms with Gasteiger partial charge in [-0.05, 0) is 18.2 Å². The number of anilines is 1. The molecule has 0 radical (unpaired) electrons. The maximum atomic E-state index is 12.0. The highest BCUT2D eigenvalue weighted by molar-refractivity contribution is 7.92. The molecule has 1 amide bonds. The molecule has 7 nitrogen and oxygen atoms in total. The lowest BCUT2D eigenvalue weighted by Crippen LogP contribution is -2.13. The summed E-state index contributed by atoms with van der Waals surface area (Å²) in [6.07, 6.45) is 1.04. The Bertz CT molecular complexity index is 1130. The van der Waals surface area contributed by atoms with Gasteiger partial charge in [0.25, 0.3) is 5.91 Å². The summed E-state index contributed by atoms with van der Waals surface area (Å²) < 4.78 is 27.2. The van der Waals surface area contributed by atoms with Crippen LogP contribution in [0.1, 0.15) is 10.5 Å². The van der Waals surface area contributed by atoms with E-state index in [0.717, 1.165) is 11.8 Å². The van der Waals surface area contributed by atoms with Crippen LogP contribution in [0.15, 0.2) is 48.5 Å². The monoisotopic (exact) mass is 404 g/mol. The molecular formula is C18H17ClN4O3S. The summed E-state index contributed by atoms with van der Waals surface area (Å²) in [6, 6.07) is 14.0. The number of imidazole rings is 1. The third-order valence-electron chi connectivity index (χ3n) is 3.83. The average molecular weight is 405 g/mol. The van der Waals surface area contributed by atoms with E-state index in [9.17, 15) is 13.2 Å². The SMILES string of the molecule is Cn1c(-c2ccccc2)nc(C(N)=O)c1-c1cc(Cl)cc(NS(C)(=O)=O)c1. The highest BCUT2D eigenvalue weighted by Crippen LogP contribution is 2.33. The minimum absolute atomic E-state index is 0.0731. The van der Waals surface area contributed by atoms with Crippen LogP contribution in [0.3, 0.4) is 0 Å². The Morgan fingerprint density at radius 3 is 2.41 bits per heavy atom. The van der Waals surface area contributed by atoms with E-state index in [1.165, 1.54) is 6.07 Å². The second-order valence-electron chi connectivity index (χ2n) is 6.02. The summed E-state index contributed by atoms with van der Waals surface area (Å²) in [5.74, 6) is -0.141. The number of sulfonamides is 1. The van der Waals surface area contributed by atoms with Gasteiger partial charge in [-0.1, -0.05) is 41.9 Å². The zero-order valence-electron chi connectivity index (χ0n) is 14.6. The van der Waals surface area contributed by atoms with Gasteiger partial charge >= 0.3 is 0 Å². The summed E-state index contributed by atoms with van der Waals surface area (Å²) in [5, 5.41) is 0.302. The van der Waals surface area contributed by atoms with Crippen molar-refractivity contribution in [3.05, 3.63) is 59.2 Å². The van der Waals surface area contributed by atoms with Crippen molar-refractivity contribution >= 4 is 33.2 Å². The summed E-state index contributed by atoms with van der Waals surface area (Å²) in [6.45, 7) is 0. The first-order chi connectivity index (χ1) is 12.7. The zero-order chi connectivity index (χ0) is 19.8. The number of hydrogen-bond donors (Lipinski definition) is 2. The predicted molar refractivity (Wildman–Crippen MR) is 106 cm³/mol. The molecule has 140 valence electrons. The van der Waals surface area contributed by atoms with Gasteiger partial charge in [-0.3, -0.25) is 9.52 Å². The molecule has 9 heteroatoms. The number of carbonyl (C=O) groups excluding carboxylic acids is 1. The van der Waals surface area contributed by atoms with Crippen molar-refractivity contribution in [2.75, 3.05) is 11.0 Å². The normalized spacial score (nSPS) is 11.4. The number of hydrogen-bond acceptors (Lipinski definition) is 4. The summed E-state index contributed by atoms with van der Waals surface area (Å²) in [4.78, 5) is 16.4. The Hall–Kier alpha value is -2.84. The molecule has 0 spiro atoms. The van der Waals surface area contributed by atoms with Crippen LogP contribution in [-0.2, 0) is 17.1 Å². The molecule has 0 saturated carbocycles. The molecule has 27 heavy (non-hydrogen) atoms. The van der Waals surface area contributed by atoms with E-state index < -0.39 is 15.9 Å². The van der Waals surface area contributed by atoms with E-state index in [4.69, 9.17) is 17.3 Å². The topological polar surface area (TPSA) is 107 Å². The van der Waals surface area contributed by atoms with E-state index in [-0.39, 0.29) is 11.4 Å². The molecule has 0 aliphatic heterocycles. The van der Waals surface area contributed by atoms with Crippen molar-refractivity contribution in [1.29, 1.82) is 0 Å². The molecule has 0 bridgehead atoms. The fourth-order valence-corrected chi connectivity index (χ4v) is 3.63. The smallest absolute Gasteiger partial charge is 0.269 e. The number of nitrogens with two attached hydrogens (primary N) is 1. The van der Waals surface area contributed by atoms with Crippen LogP contribution in [0.4, 0.5) is 5.69 Å². The number of amides is 1. The van der Waals surface area contributed by atoms with Crippen molar-refractivity contribution in [3.63, 3.8) is 0 Å². The molecule has 2 aromatic carbocycles. The standard InChI is InChI=1S/C18H17ClN4O3S/c1-23-16(12-8-13(19)10-14(9-12)22-27(2,25)26)15(17(20)24)21-18(23)11-6-4-3-5-7-11/h3-10,22H,1-2H3,(H2,20,24). The number of aromatic nitrogens is 2. The second-order valence-corrected chi connectivity index (χ2v) is 8.21. The van der Waals surface area contributed by atoms with E-state index in [0.29, 0.717) is 22.1 Å². The molecule has 3 aromatic rings. The van der Waals surface area contributed by atoms with Crippen molar-refractivity contribution in [2.24, 2.45) is 12.8 Å². The van der Waals surface area contributed by atoms with Gasteiger partial charge in [-0.25, -0.2) is 13.4 Å². The lowest BCUT2D eigenvalue weighted by molar-refractivity contribution is 0.0996. The van der Waals surface area contributed by atoms with Crippen LogP contribution in [0.5, 0.6) is 0 Å². The Balaban J connectivity index is 2.22. The van der Waals surface area contributed by atoms with Crippen molar-refractivity contribution in [3.8, 4) is 22.6 Å². The predicted octanol–water partition coefficient (Wildman–Crippen LogP) is 2.88. The zero-order valence-corrected chi connectivity index (χ0v) is 16.2. The van der Waals surface area contributed by atoms with Gasteiger partial charge in [-0.2, -0.15) is 0 Å². The van der Waals surface area contributed by atoms with Gasteiger partial charge in [0.1, 0.15) is 5.82 Å². The second kappa shape index (κ2) is 7.05. The fourth-order valence-electron chi connectivity index (χ4n) is 2.85. The van der Waals surface area contributed by atoms with E-state index in [1.54, 1.807) is 23.7 Å². The Morgan fingerprint density at radius 1 is 1.15 bits per heavy atom. The van der Waals surface area contributed by atoms with Crippen molar-refractivity contribution in [1.82, 2.24) is 9.55 Å². The molecule has 0 fully saturated rings. The van der Waals surface area contributed by atoms with Crippen LogP contribution in [0.25, 0.3) is 22.6 Å². The first-order valence-electron chi connectivity index (χ1n) is 7.86. The number of carbonyl (C=O) groups is 1. The van der Waals surface area contributed by atoms with Gasteiger partial charge in [0.2, 0.25) is 10.0 Å². The Labute approximate surface area is 161 Å². The Kier molecular flexibility index (Phi) is 4.95. The maximum Gasteiger partial charge on any atom is 0.269 e. The minimum Gasteiger partial charge on any atom is -0.364 e. The highest BCUT2D eigenvalue weighted by Gasteiger charge is 2.22. The largest absolute Gasteiger partial charge is 0.364 e. The van der Waals surface area contributed by atoms with E-state index >= 15 is 0 Å². The first-order valence-corrected chi connectivity index (χ1v) is 10.1. The molecule has 0 aliphatic rings. The van der Waals surface area contributed by atoms with E-state index in [1.807, 2.05) is 30.3 Å². The third kappa shape index (κ3) is 4.12. The molecular weight excluding hydrogens is 388 g/mol. The first kappa shape index (κ1) is 18.9. The fraction of sp³-hybridized carbons (Fsp3) is 0.111.